The van der Waals surface area contributed by atoms with Crippen molar-refractivity contribution < 1.29 is 8.42 Å². The minimum atomic E-state index is -4.00. The molecule has 0 spiro atoms. The van der Waals surface area contributed by atoms with Crippen LogP contribution in [0.4, 0.5) is 5.69 Å². The fourth-order valence-electron chi connectivity index (χ4n) is 4.27. The second-order valence-corrected chi connectivity index (χ2v) is 11.0. The van der Waals surface area contributed by atoms with Crippen LogP contribution in [0.25, 0.3) is 11.1 Å². The Morgan fingerprint density at radius 2 is 1.58 bits per heavy atom. The molecule has 0 amide bonds. The fourth-order valence-corrected chi connectivity index (χ4v) is 6.66. The monoisotopic (exact) mass is 506 g/mol. The molecule has 1 aliphatic rings. The number of benzene rings is 2. The number of hydrogen-bond acceptors (Lipinski definition) is 4. The average molecular weight is 507 g/mol. The van der Waals surface area contributed by atoms with Gasteiger partial charge >= 0.3 is 0 Å². The van der Waals surface area contributed by atoms with Gasteiger partial charge in [0.2, 0.25) is 0 Å². The van der Waals surface area contributed by atoms with Gasteiger partial charge in [0.25, 0.3) is 10.0 Å². The maximum Gasteiger partial charge on any atom is 0.264 e. The second kappa shape index (κ2) is 9.66. The predicted octanol–water partition coefficient (Wildman–Crippen LogP) is 5.80. The van der Waals surface area contributed by atoms with Crippen molar-refractivity contribution >= 4 is 38.9 Å². The quantitative estimate of drug-likeness (QED) is 0.458. The van der Waals surface area contributed by atoms with Gasteiger partial charge in [-0.05, 0) is 68.6 Å². The first-order valence-electron chi connectivity index (χ1n) is 11.0. The summed E-state index contributed by atoms with van der Waals surface area (Å²) in [4.78, 5) is 2.34. The molecule has 0 atom stereocenters. The number of aryl methyl sites for hydroxylation is 2. The third-order valence-electron chi connectivity index (χ3n) is 6.15. The average Bonchev–Trinajstić information content (AvgIpc) is 3.00. The summed E-state index contributed by atoms with van der Waals surface area (Å²) < 4.78 is 30.4. The lowest BCUT2D eigenvalue weighted by molar-refractivity contribution is 0.221. The van der Waals surface area contributed by atoms with Gasteiger partial charge in [-0.25, -0.2) is 8.42 Å². The zero-order chi connectivity index (χ0) is 23.8. The van der Waals surface area contributed by atoms with E-state index < -0.39 is 10.0 Å². The summed E-state index contributed by atoms with van der Waals surface area (Å²) in [7, 11) is -2.24. The van der Waals surface area contributed by atoms with Gasteiger partial charge in [0.15, 0.2) is 0 Å². The number of nitrogens with one attached hydrogen (secondary N) is 1. The Balaban J connectivity index is 1.58. The highest BCUT2D eigenvalue weighted by Gasteiger charge is 2.25. The van der Waals surface area contributed by atoms with Crippen LogP contribution in [-0.4, -0.2) is 36.2 Å². The zero-order valence-electron chi connectivity index (χ0n) is 19.0. The Labute approximate surface area is 205 Å². The molecule has 0 bridgehead atoms. The first-order valence-corrected chi connectivity index (χ1v) is 13.2. The first kappa shape index (κ1) is 24.1. The standard InChI is InChI=1S/C24H28Cl2N4O2S/c1-16-23(17(2)29(3)27-16)28-33(31,32)24-21(25)13-20(14-22(24)26)19-9-7-18(8-10-19)15-30-11-5-4-6-12-30/h7-10,13-14,28H,4-6,11-12,15H2,1-3H3. The second-order valence-electron chi connectivity index (χ2n) is 8.58. The van der Waals surface area contributed by atoms with Crippen molar-refractivity contribution in [1.82, 2.24) is 14.7 Å². The highest BCUT2D eigenvalue weighted by atomic mass is 35.5. The van der Waals surface area contributed by atoms with Crippen molar-refractivity contribution in [3.8, 4) is 11.1 Å². The molecule has 1 N–H and O–H groups in total. The molecular weight excluding hydrogens is 479 g/mol. The van der Waals surface area contributed by atoms with Gasteiger partial charge in [0.1, 0.15) is 4.90 Å². The van der Waals surface area contributed by atoms with E-state index >= 15 is 0 Å². The third kappa shape index (κ3) is 5.22. The summed E-state index contributed by atoms with van der Waals surface area (Å²) >= 11 is 12.9. The van der Waals surface area contributed by atoms with E-state index in [-0.39, 0.29) is 14.9 Å². The molecule has 1 fully saturated rings. The number of anilines is 1. The van der Waals surface area contributed by atoms with E-state index in [1.165, 1.54) is 24.8 Å². The fraction of sp³-hybridized carbons (Fsp3) is 0.375. The number of halogens is 2. The molecule has 1 saturated heterocycles. The molecule has 9 heteroatoms. The molecule has 2 heterocycles. The summed E-state index contributed by atoms with van der Waals surface area (Å²) in [5.74, 6) is 0. The smallest absolute Gasteiger partial charge is 0.264 e. The molecule has 4 rings (SSSR count). The van der Waals surface area contributed by atoms with E-state index in [9.17, 15) is 8.42 Å². The minimum absolute atomic E-state index is 0.0709. The van der Waals surface area contributed by atoms with Crippen LogP contribution in [0.3, 0.4) is 0 Å². The summed E-state index contributed by atoms with van der Waals surface area (Å²) in [6, 6.07) is 11.5. The molecule has 3 aromatic rings. The van der Waals surface area contributed by atoms with Crippen molar-refractivity contribution in [2.24, 2.45) is 7.05 Å². The number of likely N-dealkylation sites (tertiary alicyclic amines) is 1. The van der Waals surface area contributed by atoms with Crippen molar-refractivity contribution in [3.63, 3.8) is 0 Å². The molecule has 33 heavy (non-hydrogen) atoms. The number of sulfonamides is 1. The lowest BCUT2D eigenvalue weighted by Gasteiger charge is -2.26. The van der Waals surface area contributed by atoms with Crippen LogP contribution in [0.15, 0.2) is 41.3 Å². The van der Waals surface area contributed by atoms with Gasteiger partial charge < -0.3 is 0 Å². The molecule has 2 aromatic carbocycles. The SMILES string of the molecule is Cc1nn(C)c(C)c1NS(=O)(=O)c1c(Cl)cc(-c2ccc(CN3CCCCC3)cc2)cc1Cl. The first-order chi connectivity index (χ1) is 15.7. The molecule has 0 unspecified atom stereocenters. The van der Waals surface area contributed by atoms with Crippen molar-refractivity contribution in [1.29, 1.82) is 0 Å². The van der Waals surface area contributed by atoms with Crippen LogP contribution >= 0.6 is 23.2 Å². The molecule has 176 valence electrons. The molecule has 0 aliphatic carbocycles. The molecule has 0 radical (unpaired) electrons. The normalized spacial score (nSPS) is 15.1. The van der Waals surface area contributed by atoms with Gasteiger partial charge in [-0.15, -0.1) is 0 Å². The van der Waals surface area contributed by atoms with E-state index in [0.717, 1.165) is 30.8 Å². The van der Waals surface area contributed by atoms with Crippen molar-refractivity contribution in [2.45, 2.75) is 44.6 Å². The van der Waals surface area contributed by atoms with Crippen LogP contribution < -0.4 is 4.72 Å². The molecule has 6 nitrogen and oxygen atoms in total. The van der Waals surface area contributed by atoms with Gasteiger partial charge in [0.05, 0.1) is 27.1 Å². The van der Waals surface area contributed by atoms with E-state index in [4.69, 9.17) is 23.2 Å². The maximum atomic E-state index is 13.1. The highest BCUT2D eigenvalue weighted by molar-refractivity contribution is 7.93. The number of nitrogens with zero attached hydrogens (tertiary/aromatic N) is 3. The predicted molar refractivity (Wildman–Crippen MR) is 135 cm³/mol. The molecular formula is C24H28Cl2N4O2S. The number of aromatic nitrogens is 2. The highest BCUT2D eigenvalue weighted by Crippen LogP contribution is 2.36. The number of piperidine rings is 1. The molecule has 1 aliphatic heterocycles. The summed E-state index contributed by atoms with van der Waals surface area (Å²) in [5, 5.41) is 4.39. The van der Waals surface area contributed by atoms with Crippen LogP contribution in [0.2, 0.25) is 10.0 Å². The molecule has 0 saturated carbocycles. The Morgan fingerprint density at radius 1 is 0.970 bits per heavy atom. The van der Waals surface area contributed by atoms with E-state index in [1.54, 1.807) is 37.7 Å². The van der Waals surface area contributed by atoms with Crippen molar-refractivity contribution in [2.75, 3.05) is 17.8 Å². The topological polar surface area (TPSA) is 67.2 Å². The van der Waals surface area contributed by atoms with Gasteiger partial charge in [-0.3, -0.25) is 14.3 Å². The van der Waals surface area contributed by atoms with Gasteiger partial charge in [-0.2, -0.15) is 5.10 Å². The van der Waals surface area contributed by atoms with E-state index in [0.29, 0.717) is 17.1 Å². The van der Waals surface area contributed by atoms with Crippen LogP contribution in [0.1, 0.15) is 36.2 Å². The Kier molecular flexibility index (Phi) is 7.05. The zero-order valence-corrected chi connectivity index (χ0v) is 21.4. The number of hydrogen-bond donors (Lipinski definition) is 1. The largest absolute Gasteiger partial charge is 0.299 e. The lowest BCUT2D eigenvalue weighted by atomic mass is 10.0. The Morgan fingerprint density at radius 3 is 2.12 bits per heavy atom. The molecule has 1 aromatic heterocycles. The van der Waals surface area contributed by atoms with E-state index in [1.807, 2.05) is 12.1 Å². The third-order valence-corrected chi connectivity index (χ3v) is 8.43. The maximum absolute atomic E-state index is 13.1. The van der Waals surface area contributed by atoms with Gasteiger partial charge in [-0.1, -0.05) is 53.9 Å². The van der Waals surface area contributed by atoms with Crippen molar-refractivity contribution in [3.05, 3.63) is 63.4 Å². The Bertz CT molecular complexity index is 1240. The van der Waals surface area contributed by atoms with E-state index in [2.05, 4.69) is 26.9 Å². The minimum Gasteiger partial charge on any atom is -0.299 e. The summed E-state index contributed by atoms with van der Waals surface area (Å²) in [6.07, 6.45) is 3.85. The van der Waals surface area contributed by atoms with Crippen LogP contribution in [0.5, 0.6) is 0 Å². The lowest BCUT2D eigenvalue weighted by Crippen LogP contribution is -2.28. The number of rotatable bonds is 6. The van der Waals surface area contributed by atoms with Gasteiger partial charge in [0, 0.05) is 13.6 Å². The van der Waals surface area contributed by atoms with Crippen LogP contribution in [-0.2, 0) is 23.6 Å². The summed E-state index contributed by atoms with van der Waals surface area (Å²) in [6.45, 7) is 6.77. The van der Waals surface area contributed by atoms with Crippen LogP contribution in [0, 0.1) is 13.8 Å². The Hall–Kier alpha value is -2.06. The summed E-state index contributed by atoms with van der Waals surface area (Å²) in [5.41, 5.74) is 4.65.